The van der Waals surface area contributed by atoms with E-state index in [2.05, 4.69) is 25.7 Å². The van der Waals surface area contributed by atoms with Gasteiger partial charge in [0.25, 0.3) is 5.91 Å². The van der Waals surface area contributed by atoms with E-state index in [-0.39, 0.29) is 24.3 Å². The van der Waals surface area contributed by atoms with E-state index in [9.17, 15) is 9.59 Å². The molecule has 0 radical (unpaired) electrons. The third-order valence-corrected chi connectivity index (χ3v) is 6.52. The number of rotatable bonds is 8. The molecule has 2 N–H and O–H groups in total. The topological polar surface area (TPSA) is 114 Å². The normalized spacial score (nSPS) is 15.9. The number of para-hydroxylation sites is 1. The Morgan fingerprint density at radius 3 is 2.76 bits per heavy atom. The van der Waals surface area contributed by atoms with Gasteiger partial charge in [-0.1, -0.05) is 41.6 Å². The quantitative estimate of drug-likeness (QED) is 0.369. The molecule has 190 valence electrons. The Morgan fingerprint density at radius 1 is 1.08 bits per heavy atom. The summed E-state index contributed by atoms with van der Waals surface area (Å²) in [5.74, 6) is 1.15. The average Bonchev–Trinajstić information content (AvgIpc) is 3.60. The molecule has 0 spiro atoms. The van der Waals surface area contributed by atoms with Gasteiger partial charge in [0.05, 0.1) is 36.5 Å². The highest BCUT2D eigenvalue weighted by molar-refractivity contribution is 6.04. The van der Waals surface area contributed by atoms with Crippen LogP contribution in [0.1, 0.15) is 40.4 Å². The zero-order valence-corrected chi connectivity index (χ0v) is 20.6. The van der Waals surface area contributed by atoms with Gasteiger partial charge >= 0.3 is 0 Å². The number of nitrogens with zero attached hydrogens (tertiary/aromatic N) is 3. The van der Waals surface area contributed by atoms with Crippen molar-refractivity contribution in [2.75, 3.05) is 18.4 Å². The fraction of sp³-hybridized carbons (Fsp3) is 0.286. The van der Waals surface area contributed by atoms with E-state index in [1.54, 1.807) is 42.7 Å². The minimum absolute atomic E-state index is 0.109. The van der Waals surface area contributed by atoms with Gasteiger partial charge in [-0.05, 0) is 56.1 Å². The number of anilines is 1. The summed E-state index contributed by atoms with van der Waals surface area (Å²) in [5.41, 5.74) is 2.92. The highest BCUT2D eigenvalue weighted by Gasteiger charge is 2.28. The molecule has 2 aromatic carbocycles. The number of piperidine rings is 1. The number of amides is 2. The SMILES string of the molecule is Cc1ccccc1-c1noc(CN2CCCC(C(=O)Nc3ccccc3C(=O)NCc3ccco3)C2)n1. The summed E-state index contributed by atoms with van der Waals surface area (Å²) >= 11 is 0. The lowest BCUT2D eigenvalue weighted by Gasteiger charge is -2.31. The minimum Gasteiger partial charge on any atom is -0.467 e. The van der Waals surface area contributed by atoms with Crippen molar-refractivity contribution < 1.29 is 18.5 Å². The van der Waals surface area contributed by atoms with Crippen LogP contribution in [0.25, 0.3) is 11.4 Å². The Hall–Kier alpha value is -4.24. The summed E-state index contributed by atoms with van der Waals surface area (Å²) in [6.45, 7) is 4.18. The van der Waals surface area contributed by atoms with Crippen molar-refractivity contribution in [2.24, 2.45) is 5.92 Å². The number of likely N-dealkylation sites (tertiary alicyclic amines) is 1. The maximum Gasteiger partial charge on any atom is 0.253 e. The molecule has 2 aromatic heterocycles. The molecule has 1 saturated heterocycles. The van der Waals surface area contributed by atoms with E-state index in [0.717, 1.165) is 30.5 Å². The van der Waals surface area contributed by atoms with Crippen LogP contribution in [0.3, 0.4) is 0 Å². The molecule has 37 heavy (non-hydrogen) atoms. The predicted molar refractivity (Wildman–Crippen MR) is 137 cm³/mol. The van der Waals surface area contributed by atoms with Crippen LogP contribution in [0.5, 0.6) is 0 Å². The van der Waals surface area contributed by atoms with Crippen LogP contribution < -0.4 is 10.6 Å². The van der Waals surface area contributed by atoms with Gasteiger partial charge in [0.1, 0.15) is 5.76 Å². The Balaban J connectivity index is 1.19. The lowest BCUT2D eigenvalue weighted by atomic mass is 9.96. The summed E-state index contributed by atoms with van der Waals surface area (Å²) < 4.78 is 10.8. The molecule has 5 rings (SSSR count). The van der Waals surface area contributed by atoms with Crippen molar-refractivity contribution in [3.8, 4) is 11.4 Å². The lowest BCUT2D eigenvalue weighted by Crippen LogP contribution is -2.40. The third kappa shape index (κ3) is 5.95. The van der Waals surface area contributed by atoms with Crippen molar-refractivity contribution in [3.05, 3.63) is 89.7 Å². The first-order valence-electron chi connectivity index (χ1n) is 12.4. The molecule has 1 unspecified atom stereocenters. The first-order chi connectivity index (χ1) is 18.1. The van der Waals surface area contributed by atoms with Crippen LogP contribution in [0.15, 0.2) is 75.9 Å². The first kappa shape index (κ1) is 24.5. The van der Waals surface area contributed by atoms with E-state index < -0.39 is 0 Å². The van der Waals surface area contributed by atoms with E-state index in [4.69, 9.17) is 8.94 Å². The molecule has 1 atom stereocenters. The van der Waals surface area contributed by atoms with Crippen LogP contribution in [0.2, 0.25) is 0 Å². The molecule has 0 saturated carbocycles. The standard InChI is InChI=1S/C28H29N5O4/c1-19-8-2-3-11-22(19)26-31-25(37-32-26)18-33-14-6-9-20(17-33)27(34)30-24-13-5-4-12-23(24)28(35)29-16-21-10-7-15-36-21/h2-5,7-8,10-13,15,20H,6,9,14,16-18H2,1H3,(H,29,35)(H,30,34). The molecule has 1 fully saturated rings. The van der Waals surface area contributed by atoms with Gasteiger partial charge in [-0.2, -0.15) is 4.98 Å². The Kier molecular flexibility index (Phi) is 7.41. The molecule has 9 nitrogen and oxygen atoms in total. The predicted octanol–water partition coefficient (Wildman–Crippen LogP) is 4.42. The largest absolute Gasteiger partial charge is 0.467 e. The van der Waals surface area contributed by atoms with Crippen LogP contribution in [-0.4, -0.2) is 39.9 Å². The zero-order chi connectivity index (χ0) is 25.6. The molecule has 4 aromatic rings. The maximum absolute atomic E-state index is 13.2. The van der Waals surface area contributed by atoms with E-state index in [0.29, 0.717) is 41.8 Å². The molecule has 9 heteroatoms. The van der Waals surface area contributed by atoms with Crippen molar-refractivity contribution in [1.82, 2.24) is 20.4 Å². The van der Waals surface area contributed by atoms with Crippen molar-refractivity contribution in [1.29, 1.82) is 0 Å². The highest BCUT2D eigenvalue weighted by Crippen LogP contribution is 2.24. The van der Waals surface area contributed by atoms with E-state index in [1.165, 1.54) is 0 Å². The second kappa shape index (κ2) is 11.2. The van der Waals surface area contributed by atoms with Crippen molar-refractivity contribution in [2.45, 2.75) is 32.9 Å². The summed E-state index contributed by atoms with van der Waals surface area (Å²) in [4.78, 5) is 32.7. The molecular formula is C28H29N5O4. The molecule has 1 aliphatic rings. The van der Waals surface area contributed by atoms with Crippen molar-refractivity contribution >= 4 is 17.5 Å². The number of benzene rings is 2. The number of furan rings is 1. The second-order valence-electron chi connectivity index (χ2n) is 9.20. The molecule has 3 heterocycles. The smallest absolute Gasteiger partial charge is 0.253 e. The first-order valence-corrected chi connectivity index (χ1v) is 12.4. The molecule has 2 amide bonds. The number of aromatic nitrogens is 2. The molecular weight excluding hydrogens is 470 g/mol. The Morgan fingerprint density at radius 2 is 1.92 bits per heavy atom. The average molecular weight is 500 g/mol. The van der Waals surface area contributed by atoms with Crippen LogP contribution in [0, 0.1) is 12.8 Å². The number of hydrogen-bond donors (Lipinski definition) is 2. The fourth-order valence-electron chi connectivity index (χ4n) is 4.56. The maximum atomic E-state index is 13.2. The number of aryl methyl sites for hydroxylation is 1. The molecule has 0 bridgehead atoms. The lowest BCUT2D eigenvalue weighted by molar-refractivity contribution is -0.121. The zero-order valence-electron chi connectivity index (χ0n) is 20.6. The van der Waals surface area contributed by atoms with Gasteiger partial charge < -0.3 is 19.6 Å². The van der Waals surface area contributed by atoms with Crippen LogP contribution in [0.4, 0.5) is 5.69 Å². The van der Waals surface area contributed by atoms with Gasteiger partial charge in [0.2, 0.25) is 17.6 Å². The molecule has 1 aliphatic heterocycles. The third-order valence-electron chi connectivity index (χ3n) is 6.52. The highest BCUT2D eigenvalue weighted by atomic mass is 16.5. The second-order valence-corrected chi connectivity index (χ2v) is 9.20. The van der Waals surface area contributed by atoms with E-state index >= 15 is 0 Å². The van der Waals surface area contributed by atoms with Crippen LogP contribution >= 0.6 is 0 Å². The fourth-order valence-corrected chi connectivity index (χ4v) is 4.56. The minimum atomic E-state index is -0.279. The summed E-state index contributed by atoms with van der Waals surface area (Å²) in [5, 5.41) is 9.94. The van der Waals surface area contributed by atoms with Gasteiger partial charge in [-0.3, -0.25) is 14.5 Å². The number of carbonyl (C=O) groups is 2. The number of nitrogens with one attached hydrogen (secondary N) is 2. The summed E-state index contributed by atoms with van der Waals surface area (Å²) in [7, 11) is 0. The summed E-state index contributed by atoms with van der Waals surface area (Å²) in [6, 6.07) is 18.5. The Labute approximate surface area is 214 Å². The molecule has 0 aliphatic carbocycles. The number of hydrogen-bond acceptors (Lipinski definition) is 7. The monoisotopic (exact) mass is 499 g/mol. The van der Waals surface area contributed by atoms with Gasteiger partial charge in [0.15, 0.2) is 0 Å². The van der Waals surface area contributed by atoms with Gasteiger partial charge in [0, 0.05) is 12.1 Å². The van der Waals surface area contributed by atoms with Gasteiger partial charge in [-0.25, -0.2) is 0 Å². The van der Waals surface area contributed by atoms with E-state index in [1.807, 2.05) is 31.2 Å². The van der Waals surface area contributed by atoms with Gasteiger partial charge in [-0.15, -0.1) is 0 Å². The summed E-state index contributed by atoms with van der Waals surface area (Å²) in [6.07, 6.45) is 3.21. The van der Waals surface area contributed by atoms with Crippen LogP contribution in [-0.2, 0) is 17.9 Å². The Bertz CT molecular complexity index is 1360. The number of carbonyl (C=O) groups excluding carboxylic acids is 2. The van der Waals surface area contributed by atoms with Crippen molar-refractivity contribution in [3.63, 3.8) is 0 Å².